The summed E-state index contributed by atoms with van der Waals surface area (Å²) in [4.78, 5) is 21.5. The molecule has 0 bridgehead atoms. The summed E-state index contributed by atoms with van der Waals surface area (Å²) in [5.74, 6) is -0.154. The third kappa shape index (κ3) is 5.12. The second-order valence-electron chi connectivity index (χ2n) is 6.68. The Morgan fingerprint density at radius 3 is 2.63 bits per heavy atom. The van der Waals surface area contributed by atoms with E-state index in [1.54, 1.807) is 17.9 Å². The van der Waals surface area contributed by atoms with E-state index in [9.17, 15) is 4.79 Å². The average Bonchev–Trinajstić information content (AvgIpc) is 3.47. The van der Waals surface area contributed by atoms with Crippen LogP contribution in [0.15, 0.2) is 65.7 Å². The third-order valence-corrected chi connectivity index (χ3v) is 6.02. The summed E-state index contributed by atoms with van der Waals surface area (Å²) in [5, 5.41) is 17.8. The maximum atomic E-state index is 13.1. The highest BCUT2D eigenvalue weighted by Crippen LogP contribution is 2.26. The van der Waals surface area contributed by atoms with E-state index in [-0.39, 0.29) is 11.9 Å². The van der Waals surface area contributed by atoms with Crippen LogP contribution in [0.3, 0.4) is 0 Å². The molecule has 4 rings (SSSR count). The number of hydrogen-bond acceptors (Lipinski definition) is 8. The van der Waals surface area contributed by atoms with Crippen LogP contribution in [0.1, 0.15) is 24.2 Å². The maximum Gasteiger partial charge on any atom is 0.243 e. The lowest BCUT2D eigenvalue weighted by Gasteiger charge is -2.21. The van der Waals surface area contributed by atoms with Gasteiger partial charge in [0.05, 0.1) is 17.2 Å². The molecule has 0 aliphatic rings. The zero-order chi connectivity index (χ0) is 20.8. The molecule has 4 aromatic rings. The first-order valence-electron chi connectivity index (χ1n) is 9.42. The largest absolute Gasteiger partial charge is 0.299 e. The van der Waals surface area contributed by atoms with E-state index in [1.165, 1.54) is 22.7 Å². The minimum atomic E-state index is -0.447. The quantitative estimate of drug-likeness (QED) is 0.434. The maximum absolute atomic E-state index is 13.1. The number of pyridine rings is 1. The van der Waals surface area contributed by atoms with Crippen molar-refractivity contribution in [3.63, 3.8) is 0 Å². The number of hydrogen-bond donors (Lipinski definition) is 2. The SMILES string of the molecule is C[C@H](N[C@@H](Cc1ccccc1)C(=O)Nc1nnc(-c2ccncc2)s1)c1cscn1. The molecule has 0 aliphatic heterocycles. The van der Waals surface area contributed by atoms with Crippen LogP contribution in [0.4, 0.5) is 5.13 Å². The number of carbonyl (C=O) groups excluding carboxylic acids is 1. The Morgan fingerprint density at radius 2 is 1.90 bits per heavy atom. The fraction of sp³-hybridized carbons (Fsp3) is 0.190. The standard InChI is InChI=1S/C21H20N6OS2/c1-14(18-12-29-13-23-18)24-17(11-15-5-3-2-4-6-15)19(28)25-21-27-26-20(30-21)16-7-9-22-10-8-16/h2-10,12-14,17,24H,11H2,1H3,(H,25,27,28)/t14-,17-/m0/s1. The van der Waals surface area contributed by atoms with Crippen molar-refractivity contribution in [3.8, 4) is 10.6 Å². The van der Waals surface area contributed by atoms with Crippen molar-refractivity contribution in [1.29, 1.82) is 0 Å². The number of carbonyl (C=O) groups is 1. The Bertz CT molecular complexity index is 1070. The highest BCUT2D eigenvalue weighted by molar-refractivity contribution is 7.18. The molecule has 3 aromatic heterocycles. The molecule has 2 N–H and O–H groups in total. The molecule has 0 fully saturated rings. The molecule has 9 heteroatoms. The van der Waals surface area contributed by atoms with E-state index >= 15 is 0 Å². The van der Waals surface area contributed by atoms with Crippen LogP contribution < -0.4 is 10.6 Å². The number of amides is 1. The first kappa shape index (κ1) is 20.3. The molecule has 30 heavy (non-hydrogen) atoms. The van der Waals surface area contributed by atoms with Gasteiger partial charge in [0.2, 0.25) is 11.0 Å². The Morgan fingerprint density at radius 1 is 1.10 bits per heavy atom. The van der Waals surface area contributed by atoms with Crippen molar-refractivity contribution in [2.45, 2.75) is 25.4 Å². The molecule has 0 saturated carbocycles. The molecule has 0 aliphatic carbocycles. The van der Waals surface area contributed by atoms with Crippen molar-refractivity contribution in [1.82, 2.24) is 25.5 Å². The van der Waals surface area contributed by atoms with Crippen molar-refractivity contribution >= 4 is 33.7 Å². The number of nitrogens with zero attached hydrogens (tertiary/aromatic N) is 4. The second-order valence-corrected chi connectivity index (χ2v) is 8.38. The Hall–Kier alpha value is -3.01. The summed E-state index contributed by atoms with van der Waals surface area (Å²) in [6.45, 7) is 2.01. The topological polar surface area (TPSA) is 92.7 Å². The molecule has 2 atom stereocenters. The summed E-state index contributed by atoms with van der Waals surface area (Å²) in [5.41, 5.74) is 4.70. The third-order valence-electron chi connectivity index (χ3n) is 4.53. The fourth-order valence-corrected chi connectivity index (χ4v) is 4.38. The molecule has 152 valence electrons. The lowest BCUT2D eigenvalue weighted by atomic mass is 10.0. The molecular formula is C21H20N6OS2. The minimum Gasteiger partial charge on any atom is -0.299 e. The Labute approximate surface area is 182 Å². The van der Waals surface area contributed by atoms with Gasteiger partial charge in [0.1, 0.15) is 5.01 Å². The van der Waals surface area contributed by atoms with Crippen molar-refractivity contribution in [3.05, 3.63) is 77.0 Å². The van der Waals surface area contributed by atoms with Crippen LogP contribution >= 0.6 is 22.7 Å². The van der Waals surface area contributed by atoms with E-state index in [2.05, 4.69) is 30.8 Å². The van der Waals surface area contributed by atoms with Gasteiger partial charge in [-0.3, -0.25) is 20.4 Å². The zero-order valence-corrected chi connectivity index (χ0v) is 17.9. The molecule has 0 spiro atoms. The average molecular weight is 437 g/mol. The summed E-state index contributed by atoms with van der Waals surface area (Å²) in [6, 6.07) is 13.2. The van der Waals surface area contributed by atoms with Gasteiger partial charge in [-0.15, -0.1) is 21.5 Å². The number of anilines is 1. The molecule has 7 nitrogen and oxygen atoms in total. The van der Waals surface area contributed by atoms with Gasteiger partial charge in [-0.25, -0.2) is 4.98 Å². The first-order valence-corrected chi connectivity index (χ1v) is 11.2. The van der Waals surface area contributed by atoms with E-state index < -0.39 is 6.04 Å². The molecule has 0 unspecified atom stereocenters. The van der Waals surface area contributed by atoms with Gasteiger partial charge in [-0.05, 0) is 31.0 Å². The molecule has 1 amide bonds. The van der Waals surface area contributed by atoms with E-state index in [4.69, 9.17) is 0 Å². The van der Waals surface area contributed by atoms with Gasteiger partial charge in [0.25, 0.3) is 0 Å². The number of thiazole rings is 1. The molecule has 0 saturated heterocycles. The minimum absolute atomic E-state index is 0.0579. The van der Waals surface area contributed by atoms with Crippen LogP contribution in [-0.4, -0.2) is 32.1 Å². The van der Waals surface area contributed by atoms with Gasteiger partial charge in [0.15, 0.2) is 0 Å². The van der Waals surface area contributed by atoms with Crippen molar-refractivity contribution < 1.29 is 4.79 Å². The van der Waals surface area contributed by atoms with E-state index in [1.807, 2.05) is 54.8 Å². The Kier molecular flexibility index (Phi) is 6.53. The monoisotopic (exact) mass is 436 g/mol. The predicted molar refractivity (Wildman–Crippen MR) is 119 cm³/mol. The van der Waals surface area contributed by atoms with Crippen molar-refractivity contribution in [2.24, 2.45) is 0 Å². The van der Waals surface area contributed by atoms with Gasteiger partial charge < -0.3 is 0 Å². The number of nitrogens with one attached hydrogen (secondary N) is 2. The smallest absolute Gasteiger partial charge is 0.243 e. The Balaban J connectivity index is 1.49. The lowest BCUT2D eigenvalue weighted by molar-refractivity contribution is -0.118. The van der Waals surface area contributed by atoms with Crippen LogP contribution in [0.5, 0.6) is 0 Å². The highest BCUT2D eigenvalue weighted by Gasteiger charge is 2.23. The molecular weight excluding hydrogens is 416 g/mol. The van der Waals surface area contributed by atoms with Gasteiger partial charge in [-0.2, -0.15) is 0 Å². The van der Waals surface area contributed by atoms with E-state index in [0.29, 0.717) is 11.6 Å². The predicted octanol–water partition coefficient (Wildman–Crippen LogP) is 3.96. The van der Waals surface area contributed by atoms with Crippen LogP contribution in [0.25, 0.3) is 10.6 Å². The fourth-order valence-electron chi connectivity index (χ4n) is 2.98. The van der Waals surface area contributed by atoms with Crippen LogP contribution in [0, 0.1) is 0 Å². The van der Waals surface area contributed by atoms with Gasteiger partial charge >= 0.3 is 0 Å². The van der Waals surface area contributed by atoms with Gasteiger partial charge in [0, 0.05) is 29.4 Å². The number of rotatable bonds is 8. The first-order chi connectivity index (χ1) is 14.7. The number of benzene rings is 1. The zero-order valence-electron chi connectivity index (χ0n) is 16.2. The highest BCUT2D eigenvalue weighted by atomic mass is 32.1. The second kappa shape index (κ2) is 9.66. The summed E-state index contributed by atoms with van der Waals surface area (Å²) in [6.07, 6.45) is 3.96. The van der Waals surface area contributed by atoms with Crippen LogP contribution in [-0.2, 0) is 11.2 Å². The summed E-state index contributed by atoms with van der Waals surface area (Å²) < 4.78 is 0. The summed E-state index contributed by atoms with van der Waals surface area (Å²) >= 11 is 2.87. The van der Waals surface area contributed by atoms with Crippen LogP contribution in [0.2, 0.25) is 0 Å². The van der Waals surface area contributed by atoms with Crippen molar-refractivity contribution in [2.75, 3.05) is 5.32 Å². The summed E-state index contributed by atoms with van der Waals surface area (Å²) in [7, 11) is 0. The van der Waals surface area contributed by atoms with Gasteiger partial charge in [-0.1, -0.05) is 41.7 Å². The normalized spacial score (nSPS) is 13.0. The van der Waals surface area contributed by atoms with E-state index in [0.717, 1.165) is 21.8 Å². The molecule has 1 aromatic carbocycles. The lowest BCUT2D eigenvalue weighted by Crippen LogP contribution is -2.43. The molecule has 3 heterocycles. The molecule has 0 radical (unpaired) electrons. The number of aromatic nitrogens is 4.